The lowest BCUT2D eigenvalue weighted by Crippen LogP contribution is -2.49. The molecule has 0 aliphatic carbocycles. The van der Waals surface area contributed by atoms with Crippen molar-refractivity contribution in [1.29, 1.82) is 0 Å². The number of hydrogen-bond acceptors (Lipinski definition) is 3. The summed E-state index contributed by atoms with van der Waals surface area (Å²) in [7, 11) is 0. The fourth-order valence-corrected chi connectivity index (χ4v) is 2.89. The van der Waals surface area contributed by atoms with Crippen LogP contribution >= 0.6 is 0 Å². The van der Waals surface area contributed by atoms with Gasteiger partial charge in [-0.1, -0.05) is 26.0 Å². The van der Waals surface area contributed by atoms with Crippen molar-refractivity contribution in [2.24, 2.45) is 11.8 Å². The molecule has 2 N–H and O–H groups in total. The second kappa shape index (κ2) is 9.74. The molecular weight excluding hydrogens is 262 g/mol. The molecule has 4 nitrogen and oxygen atoms in total. The van der Waals surface area contributed by atoms with Crippen molar-refractivity contribution in [3.63, 3.8) is 0 Å². The smallest absolute Gasteiger partial charge is 0.224 e. The van der Waals surface area contributed by atoms with Crippen LogP contribution in [0.2, 0.25) is 0 Å². The summed E-state index contributed by atoms with van der Waals surface area (Å²) in [5, 5.41) is 6.43. The largest absolute Gasteiger partial charge is 0.354 e. The van der Waals surface area contributed by atoms with E-state index in [2.05, 4.69) is 42.5 Å². The van der Waals surface area contributed by atoms with Crippen LogP contribution in [0.4, 0.5) is 0 Å². The molecule has 0 radical (unpaired) electrons. The quantitative estimate of drug-likeness (QED) is 0.637. The summed E-state index contributed by atoms with van der Waals surface area (Å²) in [5.74, 6) is 0.776. The standard InChI is InChI=1S/C17H31N3O/c1-5-10-20(11-6-2)16(14(3)4)13-19-17(21)15-8-7-9-18-12-15/h5-6,14-16,18H,1-2,7-13H2,3-4H3,(H,19,21). The summed E-state index contributed by atoms with van der Waals surface area (Å²) < 4.78 is 0. The molecule has 0 saturated carbocycles. The van der Waals surface area contributed by atoms with E-state index in [0.717, 1.165) is 39.0 Å². The van der Waals surface area contributed by atoms with E-state index in [-0.39, 0.29) is 11.8 Å². The zero-order valence-corrected chi connectivity index (χ0v) is 13.6. The SMILES string of the molecule is C=CCN(CC=C)C(CNC(=O)C1CCCNC1)C(C)C. The lowest BCUT2D eigenvalue weighted by molar-refractivity contribution is -0.125. The Labute approximate surface area is 129 Å². The van der Waals surface area contributed by atoms with E-state index in [9.17, 15) is 4.79 Å². The number of nitrogens with one attached hydrogen (secondary N) is 2. The molecule has 2 atom stereocenters. The van der Waals surface area contributed by atoms with E-state index in [4.69, 9.17) is 0 Å². The van der Waals surface area contributed by atoms with E-state index < -0.39 is 0 Å². The molecule has 1 heterocycles. The third-order valence-corrected chi connectivity index (χ3v) is 4.12. The Morgan fingerprint density at radius 1 is 1.38 bits per heavy atom. The van der Waals surface area contributed by atoms with Crippen LogP contribution in [0.15, 0.2) is 25.3 Å². The van der Waals surface area contributed by atoms with Crippen molar-refractivity contribution in [3.05, 3.63) is 25.3 Å². The first-order chi connectivity index (χ1) is 10.1. The maximum Gasteiger partial charge on any atom is 0.224 e. The van der Waals surface area contributed by atoms with Crippen LogP contribution < -0.4 is 10.6 Å². The van der Waals surface area contributed by atoms with Gasteiger partial charge in [0.25, 0.3) is 0 Å². The fraction of sp³-hybridized carbons (Fsp3) is 0.706. The van der Waals surface area contributed by atoms with Crippen LogP contribution in [0, 0.1) is 11.8 Å². The molecule has 0 bridgehead atoms. The molecule has 0 aromatic heterocycles. The number of carbonyl (C=O) groups excluding carboxylic acids is 1. The number of amides is 1. The van der Waals surface area contributed by atoms with Crippen molar-refractivity contribution in [3.8, 4) is 0 Å². The molecule has 0 spiro atoms. The summed E-state index contributed by atoms with van der Waals surface area (Å²) in [6, 6.07) is 0.307. The van der Waals surface area contributed by atoms with Crippen molar-refractivity contribution in [1.82, 2.24) is 15.5 Å². The second-order valence-corrected chi connectivity index (χ2v) is 6.13. The lowest BCUT2D eigenvalue weighted by Gasteiger charge is -2.33. The summed E-state index contributed by atoms with van der Waals surface area (Å²) >= 11 is 0. The summed E-state index contributed by atoms with van der Waals surface area (Å²) in [6.45, 7) is 16.2. The molecule has 0 aromatic rings. The third kappa shape index (κ3) is 6.02. The van der Waals surface area contributed by atoms with E-state index in [1.807, 2.05) is 12.2 Å². The first-order valence-electron chi connectivity index (χ1n) is 8.04. The van der Waals surface area contributed by atoms with Crippen LogP contribution in [0.1, 0.15) is 26.7 Å². The van der Waals surface area contributed by atoms with Gasteiger partial charge >= 0.3 is 0 Å². The van der Waals surface area contributed by atoms with Gasteiger partial charge in [0, 0.05) is 32.2 Å². The molecule has 0 aromatic carbocycles. The minimum atomic E-state index is 0.124. The Bertz CT molecular complexity index is 325. The van der Waals surface area contributed by atoms with Crippen molar-refractivity contribution in [2.45, 2.75) is 32.7 Å². The average molecular weight is 293 g/mol. The Morgan fingerprint density at radius 2 is 2.05 bits per heavy atom. The normalized spacial score (nSPS) is 20.3. The summed E-state index contributed by atoms with van der Waals surface area (Å²) in [6.07, 6.45) is 5.90. The van der Waals surface area contributed by atoms with Gasteiger partial charge in [0.2, 0.25) is 5.91 Å². The van der Waals surface area contributed by atoms with Crippen molar-refractivity contribution in [2.75, 3.05) is 32.7 Å². The maximum atomic E-state index is 12.3. The van der Waals surface area contributed by atoms with Gasteiger partial charge < -0.3 is 10.6 Å². The van der Waals surface area contributed by atoms with Crippen LogP contribution in [0.3, 0.4) is 0 Å². The maximum absolute atomic E-state index is 12.3. The number of rotatable bonds is 9. The van der Waals surface area contributed by atoms with Crippen LogP contribution in [-0.2, 0) is 4.79 Å². The molecule has 120 valence electrons. The molecule has 1 aliphatic rings. The van der Waals surface area contributed by atoms with Gasteiger partial charge in [0.05, 0.1) is 5.92 Å². The second-order valence-electron chi connectivity index (χ2n) is 6.13. The molecule has 1 saturated heterocycles. The van der Waals surface area contributed by atoms with Gasteiger partial charge in [-0.25, -0.2) is 0 Å². The molecule has 2 unspecified atom stereocenters. The van der Waals surface area contributed by atoms with Crippen LogP contribution in [-0.4, -0.2) is 49.6 Å². The Hall–Kier alpha value is -1.13. The minimum Gasteiger partial charge on any atom is -0.354 e. The number of hydrogen-bond donors (Lipinski definition) is 2. The van der Waals surface area contributed by atoms with Gasteiger partial charge in [-0.15, -0.1) is 13.2 Å². The van der Waals surface area contributed by atoms with Crippen molar-refractivity contribution < 1.29 is 4.79 Å². The summed E-state index contributed by atoms with van der Waals surface area (Å²) in [5.41, 5.74) is 0. The molecular formula is C17H31N3O. The van der Waals surface area contributed by atoms with Gasteiger partial charge in [0.1, 0.15) is 0 Å². The summed E-state index contributed by atoms with van der Waals surface area (Å²) in [4.78, 5) is 14.6. The molecule has 1 aliphatic heterocycles. The third-order valence-electron chi connectivity index (χ3n) is 4.12. The van der Waals surface area contributed by atoms with E-state index in [0.29, 0.717) is 18.5 Å². The Kier molecular flexibility index (Phi) is 8.31. The zero-order valence-electron chi connectivity index (χ0n) is 13.6. The molecule has 1 fully saturated rings. The number of piperidine rings is 1. The molecule has 1 amide bonds. The van der Waals surface area contributed by atoms with Gasteiger partial charge in [-0.2, -0.15) is 0 Å². The number of carbonyl (C=O) groups is 1. The lowest BCUT2D eigenvalue weighted by atomic mass is 9.97. The highest BCUT2D eigenvalue weighted by atomic mass is 16.1. The van der Waals surface area contributed by atoms with E-state index in [1.54, 1.807) is 0 Å². The van der Waals surface area contributed by atoms with Crippen molar-refractivity contribution >= 4 is 5.91 Å². The van der Waals surface area contributed by atoms with Crippen LogP contribution in [0.5, 0.6) is 0 Å². The van der Waals surface area contributed by atoms with E-state index in [1.165, 1.54) is 0 Å². The average Bonchev–Trinajstić information content (AvgIpc) is 2.48. The topological polar surface area (TPSA) is 44.4 Å². The Morgan fingerprint density at radius 3 is 2.52 bits per heavy atom. The van der Waals surface area contributed by atoms with Gasteiger partial charge in [-0.3, -0.25) is 9.69 Å². The fourth-order valence-electron chi connectivity index (χ4n) is 2.89. The zero-order chi connectivity index (χ0) is 15.7. The highest BCUT2D eigenvalue weighted by Gasteiger charge is 2.24. The molecule has 1 rings (SSSR count). The first-order valence-corrected chi connectivity index (χ1v) is 8.04. The predicted molar refractivity (Wildman–Crippen MR) is 89.2 cm³/mol. The minimum absolute atomic E-state index is 0.124. The molecule has 21 heavy (non-hydrogen) atoms. The highest BCUT2D eigenvalue weighted by Crippen LogP contribution is 2.13. The number of nitrogens with zero attached hydrogens (tertiary/aromatic N) is 1. The molecule has 4 heteroatoms. The van der Waals surface area contributed by atoms with Gasteiger partial charge in [-0.05, 0) is 25.3 Å². The monoisotopic (exact) mass is 293 g/mol. The highest BCUT2D eigenvalue weighted by molar-refractivity contribution is 5.79. The Balaban J connectivity index is 2.54. The van der Waals surface area contributed by atoms with E-state index >= 15 is 0 Å². The van der Waals surface area contributed by atoms with Gasteiger partial charge in [0.15, 0.2) is 0 Å². The predicted octanol–water partition coefficient (Wildman–Crippen LogP) is 1.80. The van der Waals surface area contributed by atoms with Crippen LogP contribution in [0.25, 0.3) is 0 Å². The first kappa shape index (κ1) is 17.9.